The molecule has 0 aliphatic carbocycles. The lowest BCUT2D eigenvalue weighted by Crippen LogP contribution is -2.29. The van der Waals surface area contributed by atoms with Gasteiger partial charge in [-0.2, -0.15) is 0 Å². The minimum atomic E-state index is -0.336. The Balaban J connectivity index is 2.30. The zero-order valence-electron chi connectivity index (χ0n) is 11.3. The highest BCUT2D eigenvalue weighted by atomic mass is 16.5. The largest absolute Gasteiger partial charge is 0.497 e. The number of ether oxygens (including phenoxy) is 1. The molecule has 0 aliphatic rings. The molecule has 1 aromatic heterocycles. The molecule has 1 unspecified atom stereocenters. The third-order valence-electron chi connectivity index (χ3n) is 3.43. The van der Waals surface area contributed by atoms with E-state index in [1.54, 1.807) is 13.3 Å². The highest BCUT2D eigenvalue weighted by molar-refractivity contribution is 5.35. The average molecular weight is 257 g/mol. The number of hydrogen-bond acceptors (Lipinski definition) is 3. The van der Waals surface area contributed by atoms with Crippen LogP contribution in [0.25, 0.3) is 0 Å². The van der Waals surface area contributed by atoms with Gasteiger partial charge in [0.25, 0.3) is 0 Å². The maximum absolute atomic E-state index is 9.80. The van der Waals surface area contributed by atoms with Crippen LogP contribution in [0.4, 0.5) is 0 Å². The summed E-state index contributed by atoms with van der Waals surface area (Å²) in [4.78, 5) is 4.12. The van der Waals surface area contributed by atoms with Crippen molar-refractivity contribution in [3.05, 3.63) is 59.9 Å². The minimum Gasteiger partial charge on any atom is -0.497 e. The molecule has 0 aliphatic heterocycles. The molecule has 2 rings (SSSR count). The quantitative estimate of drug-likeness (QED) is 0.895. The standard InChI is InChI=1S/C16H19NO2/c1-16(12-18,10-13-5-4-8-17-11-13)14-6-3-7-15(9-14)19-2/h3-9,11,18H,10,12H2,1-2H3. The van der Waals surface area contributed by atoms with E-state index < -0.39 is 0 Å². The molecule has 0 saturated heterocycles. The van der Waals surface area contributed by atoms with Gasteiger partial charge in [-0.15, -0.1) is 0 Å². The number of rotatable bonds is 5. The second-order valence-electron chi connectivity index (χ2n) is 4.99. The van der Waals surface area contributed by atoms with E-state index in [1.165, 1.54) is 0 Å². The van der Waals surface area contributed by atoms with Crippen LogP contribution in [0, 0.1) is 0 Å². The predicted molar refractivity (Wildman–Crippen MR) is 75.4 cm³/mol. The molecule has 1 atom stereocenters. The summed E-state index contributed by atoms with van der Waals surface area (Å²) in [7, 11) is 1.65. The second-order valence-corrected chi connectivity index (χ2v) is 4.99. The van der Waals surface area contributed by atoms with Crippen molar-refractivity contribution in [2.45, 2.75) is 18.8 Å². The number of pyridine rings is 1. The molecule has 0 amide bonds. The topological polar surface area (TPSA) is 42.4 Å². The second kappa shape index (κ2) is 5.85. The van der Waals surface area contributed by atoms with Crippen LogP contribution >= 0.6 is 0 Å². The lowest BCUT2D eigenvalue weighted by Gasteiger charge is -2.28. The molecule has 0 radical (unpaired) electrons. The molecule has 3 heteroatoms. The van der Waals surface area contributed by atoms with Gasteiger partial charge >= 0.3 is 0 Å². The Morgan fingerprint density at radius 2 is 2.11 bits per heavy atom. The fourth-order valence-corrected chi connectivity index (χ4v) is 2.20. The first-order valence-electron chi connectivity index (χ1n) is 6.32. The lowest BCUT2D eigenvalue weighted by atomic mass is 9.78. The third kappa shape index (κ3) is 3.12. The molecule has 0 saturated carbocycles. The monoisotopic (exact) mass is 257 g/mol. The zero-order valence-corrected chi connectivity index (χ0v) is 11.3. The molecule has 1 N–H and O–H groups in total. The normalized spacial score (nSPS) is 13.8. The van der Waals surface area contributed by atoms with Crippen LogP contribution in [0.5, 0.6) is 5.75 Å². The fraction of sp³-hybridized carbons (Fsp3) is 0.312. The summed E-state index contributed by atoms with van der Waals surface area (Å²) < 4.78 is 5.25. The van der Waals surface area contributed by atoms with Crippen LogP contribution in [-0.4, -0.2) is 23.8 Å². The van der Waals surface area contributed by atoms with Gasteiger partial charge in [-0.25, -0.2) is 0 Å². The Morgan fingerprint density at radius 1 is 1.26 bits per heavy atom. The highest BCUT2D eigenvalue weighted by Crippen LogP contribution is 2.29. The van der Waals surface area contributed by atoms with Crippen molar-refractivity contribution in [3.63, 3.8) is 0 Å². The highest BCUT2D eigenvalue weighted by Gasteiger charge is 2.26. The average Bonchev–Trinajstić information content (AvgIpc) is 2.48. The summed E-state index contributed by atoms with van der Waals surface area (Å²) in [5.74, 6) is 0.809. The Bertz CT molecular complexity index is 527. The van der Waals surface area contributed by atoms with Crippen LogP contribution < -0.4 is 4.74 Å². The molecule has 0 spiro atoms. The van der Waals surface area contributed by atoms with Gasteiger partial charge in [-0.3, -0.25) is 4.98 Å². The molecular formula is C16H19NO2. The first-order chi connectivity index (χ1) is 9.18. The lowest BCUT2D eigenvalue weighted by molar-refractivity contribution is 0.204. The van der Waals surface area contributed by atoms with Gasteiger partial charge in [0, 0.05) is 17.8 Å². The van der Waals surface area contributed by atoms with E-state index in [-0.39, 0.29) is 12.0 Å². The first kappa shape index (κ1) is 13.6. The van der Waals surface area contributed by atoms with Crippen molar-refractivity contribution in [2.75, 3.05) is 13.7 Å². The summed E-state index contributed by atoms with van der Waals surface area (Å²) in [6, 6.07) is 11.8. The molecule has 100 valence electrons. The number of methoxy groups -OCH3 is 1. The number of hydrogen-bond donors (Lipinski definition) is 1. The molecule has 1 heterocycles. The fourth-order valence-electron chi connectivity index (χ4n) is 2.20. The third-order valence-corrected chi connectivity index (χ3v) is 3.43. The zero-order chi connectivity index (χ0) is 13.7. The molecule has 0 bridgehead atoms. The SMILES string of the molecule is COc1cccc(C(C)(CO)Cc2cccnc2)c1. The van der Waals surface area contributed by atoms with Crippen molar-refractivity contribution in [2.24, 2.45) is 0 Å². The van der Waals surface area contributed by atoms with E-state index in [1.807, 2.05) is 42.6 Å². The van der Waals surface area contributed by atoms with Crippen LogP contribution in [0.3, 0.4) is 0 Å². The van der Waals surface area contributed by atoms with Gasteiger partial charge in [-0.1, -0.05) is 25.1 Å². The van der Waals surface area contributed by atoms with Crippen molar-refractivity contribution >= 4 is 0 Å². The molecule has 2 aromatic rings. The summed E-state index contributed by atoms with van der Waals surface area (Å²) in [6.07, 6.45) is 4.34. The number of aromatic nitrogens is 1. The summed E-state index contributed by atoms with van der Waals surface area (Å²) >= 11 is 0. The number of aliphatic hydroxyl groups is 1. The van der Waals surface area contributed by atoms with E-state index in [2.05, 4.69) is 11.9 Å². The van der Waals surface area contributed by atoms with E-state index in [0.29, 0.717) is 0 Å². The number of benzene rings is 1. The Kier molecular flexibility index (Phi) is 4.17. The number of nitrogens with zero attached hydrogens (tertiary/aromatic N) is 1. The molecular weight excluding hydrogens is 238 g/mol. The smallest absolute Gasteiger partial charge is 0.119 e. The van der Waals surface area contributed by atoms with E-state index in [9.17, 15) is 5.11 Å². The molecule has 19 heavy (non-hydrogen) atoms. The summed E-state index contributed by atoms with van der Waals surface area (Å²) in [5, 5.41) is 9.80. The maximum atomic E-state index is 9.80. The van der Waals surface area contributed by atoms with E-state index >= 15 is 0 Å². The predicted octanol–water partition coefficient (Wildman–Crippen LogP) is 2.58. The van der Waals surface area contributed by atoms with Crippen molar-refractivity contribution in [1.82, 2.24) is 4.98 Å². The van der Waals surface area contributed by atoms with Crippen LogP contribution in [0.2, 0.25) is 0 Å². The Morgan fingerprint density at radius 3 is 2.74 bits per heavy atom. The summed E-state index contributed by atoms with van der Waals surface area (Å²) in [5.41, 5.74) is 1.84. The van der Waals surface area contributed by atoms with E-state index in [0.717, 1.165) is 23.3 Å². The molecule has 1 aromatic carbocycles. The van der Waals surface area contributed by atoms with Gasteiger partial charge in [0.1, 0.15) is 5.75 Å². The summed E-state index contributed by atoms with van der Waals surface area (Å²) in [6.45, 7) is 2.13. The Labute approximate surface area is 113 Å². The van der Waals surface area contributed by atoms with Gasteiger partial charge in [-0.05, 0) is 35.7 Å². The van der Waals surface area contributed by atoms with Crippen molar-refractivity contribution < 1.29 is 9.84 Å². The van der Waals surface area contributed by atoms with Gasteiger partial charge in [0.05, 0.1) is 13.7 Å². The van der Waals surface area contributed by atoms with Crippen molar-refractivity contribution in [1.29, 1.82) is 0 Å². The van der Waals surface area contributed by atoms with E-state index in [4.69, 9.17) is 4.74 Å². The van der Waals surface area contributed by atoms with Crippen LogP contribution in [0.15, 0.2) is 48.8 Å². The van der Waals surface area contributed by atoms with Crippen molar-refractivity contribution in [3.8, 4) is 5.75 Å². The van der Waals surface area contributed by atoms with Gasteiger partial charge < -0.3 is 9.84 Å². The van der Waals surface area contributed by atoms with Crippen LogP contribution in [-0.2, 0) is 11.8 Å². The number of aliphatic hydroxyl groups excluding tert-OH is 1. The van der Waals surface area contributed by atoms with Gasteiger partial charge in [0.2, 0.25) is 0 Å². The molecule has 3 nitrogen and oxygen atoms in total. The Hall–Kier alpha value is -1.87. The maximum Gasteiger partial charge on any atom is 0.119 e. The first-order valence-corrected chi connectivity index (χ1v) is 6.32. The van der Waals surface area contributed by atoms with Gasteiger partial charge in [0.15, 0.2) is 0 Å². The van der Waals surface area contributed by atoms with Crippen LogP contribution in [0.1, 0.15) is 18.1 Å². The molecule has 0 fully saturated rings. The minimum absolute atomic E-state index is 0.0784.